The predicted octanol–water partition coefficient (Wildman–Crippen LogP) is 3.51. The van der Waals surface area contributed by atoms with E-state index in [0.29, 0.717) is 23.4 Å². The van der Waals surface area contributed by atoms with Crippen LogP contribution in [-0.4, -0.2) is 37.6 Å². The molecular weight excluding hydrogens is 473 g/mol. The van der Waals surface area contributed by atoms with Crippen LogP contribution in [0, 0.1) is 5.92 Å². The van der Waals surface area contributed by atoms with E-state index >= 15 is 0 Å². The third-order valence-corrected chi connectivity index (χ3v) is 7.85. The van der Waals surface area contributed by atoms with Crippen molar-refractivity contribution < 1.29 is 18.0 Å². The molecule has 2 aromatic carbocycles. The number of hydrazine groups is 1. The zero-order chi connectivity index (χ0) is 21.9. The lowest BCUT2D eigenvalue weighted by molar-refractivity contribution is -0.126. The molecule has 0 atom stereocenters. The van der Waals surface area contributed by atoms with Crippen LogP contribution in [0.1, 0.15) is 23.2 Å². The van der Waals surface area contributed by atoms with Crippen LogP contribution in [-0.2, 0) is 14.8 Å². The summed E-state index contributed by atoms with van der Waals surface area (Å²) >= 11 is 17.9. The number of nitrogens with one attached hydrogen (secondary N) is 2. The molecule has 0 spiro atoms. The highest BCUT2D eigenvalue weighted by Crippen LogP contribution is 2.33. The minimum absolute atomic E-state index is 0.0484. The molecule has 1 saturated heterocycles. The van der Waals surface area contributed by atoms with E-state index < -0.39 is 21.8 Å². The van der Waals surface area contributed by atoms with Gasteiger partial charge in [0.1, 0.15) is 4.90 Å². The Morgan fingerprint density at radius 3 is 2.03 bits per heavy atom. The molecular formula is C19H18Cl3N3O4S. The molecule has 160 valence electrons. The molecule has 3 rings (SSSR count). The van der Waals surface area contributed by atoms with Gasteiger partial charge < -0.3 is 0 Å². The van der Waals surface area contributed by atoms with Gasteiger partial charge in [-0.15, -0.1) is 0 Å². The van der Waals surface area contributed by atoms with Crippen LogP contribution >= 0.6 is 34.8 Å². The molecule has 1 aliphatic heterocycles. The summed E-state index contributed by atoms with van der Waals surface area (Å²) in [5, 5.41) is 0.593. The Hall–Kier alpha value is -1.84. The minimum atomic E-state index is -3.88. The number of amides is 2. The molecule has 30 heavy (non-hydrogen) atoms. The van der Waals surface area contributed by atoms with E-state index in [1.54, 1.807) is 18.2 Å². The number of carbonyl (C=O) groups is 2. The molecule has 0 unspecified atom stereocenters. The molecule has 1 heterocycles. The van der Waals surface area contributed by atoms with Crippen molar-refractivity contribution >= 4 is 56.6 Å². The summed E-state index contributed by atoms with van der Waals surface area (Å²) in [4.78, 5) is 24.3. The van der Waals surface area contributed by atoms with Crippen molar-refractivity contribution in [2.75, 3.05) is 13.1 Å². The van der Waals surface area contributed by atoms with Crippen molar-refractivity contribution in [3.8, 4) is 0 Å². The Morgan fingerprint density at radius 1 is 0.900 bits per heavy atom. The number of piperidine rings is 1. The summed E-state index contributed by atoms with van der Waals surface area (Å²) in [5.74, 6) is -1.30. The van der Waals surface area contributed by atoms with Crippen molar-refractivity contribution in [1.82, 2.24) is 15.2 Å². The van der Waals surface area contributed by atoms with Gasteiger partial charge in [-0.3, -0.25) is 20.4 Å². The summed E-state index contributed by atoms with van der Waals surface area (Å²) in [6.07, 6.45) is 0.591. The normalized spacial score (nSPS) is 15.6. The monoisotopic (exact) mass is 489 g/mol. The van der Waals surface area contributed by atoms with E-state index in [1.165, 1.54) is 28.6 Å². The van der Waals surface area contributed by atoms with Crippen LogP contribution in [0.4, 0.5) is 0 Å². The molecule has 2 N–H and O–H groups in total. The number of benzene rings is 2. The van der Waals surface area contributed by atoms with Crippen LogP contribution in [0.2, 0.25) is 15.1 Å². The lowest BCUT2D eigenvalue weighted by Gasteiger charge is -2.31. The van der Waals surface area contributed by atoms with Gasteiger partial charge >= 0.3 is 0 Å². The zero-order valence-electron chi connectivity index (χ0n) is 15.6. The lowest BCUT2D eigenvalue weighted by Crippen LogP contribution is -2.48. The van der Waals surface area contributed by atoms with Crippen molar-refractivity contribution in [2.45, 2.75) is 17.7 Å². The fourth-order valence-corrected chi connectivity index (χ4v) is 5.80. The second-order valence-electron chi connectivity index (χ2n) is 6.68. The first kappa shape index (κ1) is 22.8. The summed E-state index contributed by atoms with van der Waals surface area (Å²) < 4.78 is 27.0. The highest BCUT2D eigenvalue weighted by Gasteiger charge is 2.34. The number of carbonyl (C=O) groups excluding carboxylic acids is 2. The molecule has 2 aromatic rings. The highest BCUT2D eigenvalue weighted by atomic mass is 35.5. The maximum atomic E-state index is 12.9. The first-order valence-electron chi connectivity index (χ1n) is 9.00. The van der Waals surface area contributed by atoms with Crippen LogP contribution in [0.25, 0.3) is 0 Å². The topological polar surface area (TPSA) is 95.6 Å². The number of nitrogens with zero attached hydrogens (tertiary/aromatic N) is 1. The SMILES string of the molecule is O=C(NNC(=O)C1CCN(S(=O)(=O)c2c(Cl)cccc2Cl)CC1)c1ccc(Cl)cc1. The molecule has 0 radical (unpaired) electrons. The second kappa shape index (κ2) is 9.53. The molecule has 11 heteroatoms. The Balaban J connectivity index is 1.56. The van der Waals surface area contributed by atoms with Crippen molar-refractivity contribution in [2.24, 2.45) is 5.92 Å². The Bertz CT molecular complexity index is 1030. The van der Waals surface area contributed by atoms with Crippen LogP contribution < -0.4 is 10.9 Å². The fraction of sp³-hybridized carbons (Fsp3) is 0.263. The van der Waals surface area contributed by atoms with Gasteiger partial charge in [0, 0.05) is 29.6 Å². The molecule has 0 saturated carbocycles. The summed E-state index contributed by atoms with van der Waals surface area (Å²) in [7, 11) is -3.88. The molecule has 1 aliphatic rings. The minimum Gasteiger partial charge on any atom is -0.273 e. The van der Waals surface area contributed by atoms with Gasteiger partial charge in [-0.25, -0.2) is 8.42 Å². The maximum Gasteiger partial charge on any atom is 0.269 e. The number of sulfonamides is 1. The Kier molecular flexibility index (Phi) is 7.26. The van der Waals surface area contributed by atoms with Crippen molar-refractivity contribution in [1.29, 1.82) is 0 Å². The standard InChI is InChI=1S/C19H18Cl3N3O4S/c20-14-6-4-12(5-7-14)18(26)23-24-19(27)13-8-10-25(11-9-13)30(28,29)17-15(21)2-1-3-16(17)22/h1-7,13H,8-11H2,(H,23,26)(H,24,27). The number of hydrogen-bond acceptors (Lipinski definition) is 4. The molecule has 0 aliphatic carbocycles. The van der Waals surface area contributed by atoms with Crippen LogP contribution in [0.3, 0.4) is 0 Å². The first-order valence-corrected chi connectivity index (χ1v) is 11.6. The van der Waals surface area contributed by atoms with E-state index in [4.69, 9.17) is 34.8 Å². The average Bonchev–Trinajstić information content (AvgIpc) is 2.72. The summed E-state index contributed by atoms with van der Waals surface area (Å²) in [6.45, 7) is 0.264. The maximum absolute atomic E-state index is 12.9. The highest BCUT2D eigenvalue weighted by molar-refractivity contribution is 7.89. The molecule has 1 fully saturated rings. The number of hydrogen-bond donors (Lipinski definition) is 2. The van der Waals surface area contributed by atoms with E-state index in [9.17, 15) is 18.0 Å². The Labute approximate surface area is 189 Å². The first-order chi connectivity index (χ1) is 14.2. The van der Waals surface area contributed by atoms with E-state index in [1.807, 2.05) is 0 Å². The van der Waals surface area contributed by atoms with E-state index in [2.05, 4.69) is 10.9 Å². The van der Waals surface area contributed by atoms with Gasteiger partial charge in [-0.2, -0.15) is 4.31 Å². The van der Waals surface area contributed by atoms with Gasteiger partial charge in [0.2, 0.25) is 15.9 Å². The largest absolute Gasteiger partial charge is 0.273 e. The molecule has 7 nitrogen and oxygen atoms in total. The van der Waals surface area contributed by atoms with Gasteiger partial charge in [0.15, 0.2) is 0 Å². The smallest absolute Gasteiger partial charge is 0.269 e. The number of halogens is 3. The second-order valence-corrected chi connectivity index (χ2v) is 9.81. The summed E-state index contributed by atoms with van der Waals surface area (Å²) in [5.41, 5.74) is 5.08. The van der Waals surface area contributed by atoms with Crippen LogP contribution in [0.5, 0.6) is 0 Å². The molecule has 2 amide bonds. The van der Waals surface area contributed by atoms with Gasteiger partial charge in [-0.1, -0.05) is 40.9 Å². The summed E-state index contributed by atoms with van der Waals surface area (Å²) in [6, 6.07) is 10.7. The Morgan fingerprint density at radius 2 is 1.47 bits per heavy atom. The van der Waals surface area contributed by atoms with Gasteiger partial charge in [0.05, 0.1) is 10.0 Å². The van der Waals surface area contributed by atoms with E-state index in [-0.39, 0.29) is 33.9 Å². The fourth-order valence-electron chi connectivity index (χ4n) is 3.11. The third kappa shape index (κ3) is 5.07. The van der Waals surface area contributed by atoms with Gasteiger partial charge in [0.25, 0.3) is 5.91 Å². The third-order valence-electron chi connectivity index (χ3n) is 4.75. The van der Waals surface area contributed by atoms with Crippen LogP contribution in [0.15, 0.2) is 47.4 Å². The molecule has 0 bridgehead atoms. The average molecular weight is 491 g/mol. The van der Waals surface area contributed by atoms with Crippen molar-refractivity contribution in [3.05, 3.63) is 63.1 Å². The molecule has 0 aromatic heterocycles. The van der Waals surface area contributed by atoms with E-state index in [0.717, 1.165) is 0 Å². The predicted molar refractivity (Wildman–Crippen MR) is 115 cm³/mol. The quantitative estimate of drug-likeness (QED) is 0.641. The van der Waals surface area contributed by atoms with Gasteiger partial charge in [-0.05, 0) is 49.2 Å². The lowest BCUT2D eigenvalue weighted by atomic mass is 9.98. The van der Waals surface area contributed by atoms with Crippen molar-refractivity contribution in [3.63, 3.8) is 0 Å². The zero-order valence-corrected chi connectivity index (χ0v) is 18.7. The number of rotatable bonds is 4.